The first kappa shape index (κ1) is 21.0. The highest BCUT2D eigenvalue weighted by molar-refractivity contribution is 7.80. The molecule has 1 heterocycles. The summed E-state index contributed by atoms with van der Waals surface area (Å²) >= 11 is 5.59. The van der Waals surface area contributed by atoms with Crippen LogP contribution in [0.15, 0.2) is 48.5 Å². The Labute approximate surface area is 176 Å². The Bertz CT molecular complexity index is 859. The summed E-state index contributed by atoms with van der Waals surface area (Å²) in [6.07, 6.45) is 0.865. The molecular formula is C22H26FN3O2S. The van der Waals surface area contributed by atoms with Gasteiger partial charge in [-0.15, -0.1) is 0 Å². The van der Waals surface area contributed by atoms with E-state index in [1.807, 2.05) is 42.2 Å². The standard InChI is InChI=1S/C22H26FN3O2S/c1-3-11-24-21(27)20-14-26(13-19(20)15-5-4-6-16(23)12-15)22(29)25-17-7-9-18(28-2)10-8-17/h4-10,12,19-20H,3,11,13-14H2,1-2H3,(H,24,27)(H,25,29). The van der Waals surface area contributed by atoms with Gasteiger partial charge in [-0.25, -0.2) is 4.39 Å². The van der Waals surface area contributed by atoms with Gasteiger partial charge in [0.05, 0.1) is 13.0 Å². The number of carbonyl (C=O) groups is 1. The molecule has 1 saturated heterocycles. The molecule has 2 atom stereocenters. The van der Waals surface area contributed by atoms with E-state index in [2.05, 4.69) is 10.6 Å². The van der Waals surface area contributed by atoms with E-state index in [0.717, 1.165) is 23.4 Å². The summed E-state index contributed by atoms with van der Waals surface area (Å²) in [4.78, 5) is 14.7. The number of hydrogen-bond acceptors (Lipinski definition) is 3. The van der Waals surface area contributed by atoms with Gasteiger partial charge < -0.3 is 20.3 Å². The van der Waals surface area contributed by atoms with Crippen molar-refractivity contribution in [3.63, 3.8) is 0 Å². The van der Waals surface area contributed by atoms with Crippen LogP contribution in [0.2, 0.25) is 0 Å². The quantitative estimate of drug-likeness (QED) is 0.704. The molecule has 2 aromatic carbocycles. The largest absolute Gasteiger partial charge is 0.497 e. The zero-order valence-corrected chi connectivity index (χ0v) is 17.5. The molecule has 1 amide bonds. The number of carbonyl (C=O) groups excluding carboxylic acids is 1. The van der Waals surface area contributed by atoms with E-state index < -0.39 is 0 Å². The van der Waals surface area contributed by atoms with Crippen molar-refractivity contribution in [1.29, 1.82) is 0 Å². The Morgan fingerprint density at radius 2 is 2.00 bits per heavy atom. The maximum atomic E-state index is 13.8. The second kappa shape index (κ2) is 9.69. The lowest BCUT2D eigenvalue weighted by Crippen LogP contribution is -2.37. The van der Waals surface area contributed by atoms with E-state index >= 15 is 0 Å². The highest BCUT2D eigenvalue weighted by Crippen LogP contribution is 2.33. The molecule has 2 unspecified atom stereocenters. The Kier molecular flexibility index (Phi) is 7.04. The molecule has 0 bridgehead atoms. The minimum absolute atomic E-state index is 0.0177. The first-order valence-electron chi connectivity index (χ1n) is 9.75. The molecule has 1 aliphatic rings. The molecule has 3 rings (SSSR count). The highest BCUT2D eigenvalue weighted by Gasteiger charge is 2.39. The van der Waals surface area contributed by atoms with Gasteiger partial charge in [-0.2, -0.15) is 0 Å². The van der Waals surface area contributed by atoms with Gasteiger partial charge in [0.1, 0.15) is 11.6 Å². The summed E-state index contributed by atoms with van der Waals surface area (Å²) in [6, 6.07) is 14.0. The number of halogens is 1. The van der Waals surface area contributed by atoms with E-state index in [0.29, 0.717) is 24.7 Å². The van der Waals surface area contributed by atoms with Crippen molar-refractivity contribution in [3.8, 4) is 5.75 Å². The Morgan fingerprint density at radius 1 is 1.24 bits per heavy atom. The van der Waals surface area contributed by atoms with E-state index in [9.17, 15) is 9.18 Å². The van der Waals surface area contributed by atoms with Crippen LogP contribution in [0.25, 0.3) is 0 Å². The van der Waals surface area contributed by atoms with Crippen LogP contribution in [0.5, 0.6) is 5.75 Å². The zero-order valence-electron chi connectivity index (χ0n) is 16.7. The average molecular weight is 416 g/mol. The summed E-state index contributed by atoms with van der Waals surface area (Å²) in [5.41, 5.74) is 1.66. The van der Waals surface area contributed by atoms with Crippen LogP contribution >= 0.6 is 12.2 Å². The van der Waals surface area contributed by atoms with Crippen LogP contribution in [0, 0.1) is 11.7 Å². The van der Waals surface area contributed by atoms with Crippen molar-refractivity contribution in [3.05, 3.63) is 59.9 Å². The van der Waals surface area contributed by atoms with Gasteiger partial charge in [-0.1, -0.05) is 19.1 Å². The number of hydrogen-bond donors (Lipinski definition) is 2. The minimum atomic E-state index is -0.299. The van der Waals surface area contributed by atoms with E-state index in [-0.39, 0.29) is 23.6 Å². The van der Waals surface area contributed by atoms with E-state index in [1.165, 1.54) is 12.1 Å². The van der Waals surface area contributed by atoms with Crippen molar-refractivity contribution < 1.29 is 13.9 Å². The summed E-state index contributed by atoms with van der Waals surface area (Å²) in [7, 11) is 1.62. The van der Waals surface area contributed by atoms with Crippen molar-refractivity contribution in [1.82, 2.24) is 10.2 Å². The first-order valence-corrected chi connectivity index (χ1v) is 10.2. The second-order valence-corrected chi connectivity index (χ2v) is 7.51. The van der Waals surface area contributed by atoms with E-state index in [1.54, 1.807) is 13.2 Å². The fourth-order valence-electron chi connectivity index (χ4n) is 3.57. The third-order valence-electron chi connectivity index (χ3n) is 5.11. The predicted molar refractivity (Wildman–Crippen MR) is 117 cm³/mol. The van der Waals surface area contributed by atoms with Gasteiger partial charge in [-0.3, -0.25) is 4.79 Å². The topological polar surface area (TPSA) is 53.6 Å². The molecule has 0 aromatic heterocycles. The van der Waals surface area contributed by atoms with Crippen LogP contribution < -0.4 is 15.4 Å². The maximum Gasteiger partial charge on any atom is 0.225 e. The second-order valence-electron chi connectivity index (χ2n) is 7.12. The number of benzene rings is 2. The molecule has 7 heteroatoms. The maximum absolute atomic E-state index is 13.8. The number of nitrogens with zero attached hydrogens (tertiary/aromatic N) is 1. The molecular weight excluding hydrogens is 389 g/mol. The third kappa shape index (κ3) is 5.23. The summed E-state index contributed by atoms with van der Waals surface area (Å²) in [6.45, 7) is 3.67. The number of likely N-dealkylation sites (tertiary alicyclic amines) is 1. The van der Waals surface area contributed by atoms with Gasteiger partial charge in [-0.05, 0) is 60.6 Å². The number of amides is 1. The number of anilines is 1. The van der Waals surface area contributed by atoms with Gasteiger partial charge in [0.2, 0.25) is 5.91 Å². The Hall–Kier alpha value is -2.67. The molecule has 0 spiro atoms. The van der Waals surface area contributed by atoms with Gasteiger partial charge >= 0.3 is 0 Å². The lowest BCUT2D eigenvalue weighted by molar-refractivity contribution is -0.124. The fraction of sp³-hybridized carbons (Fsp3) is 0.364. The van der Waals surface area contributed by atoms with Crippen molar-refractivity contribution in [2.75, 3.05) is 32.1 Å². The normalized spacial score (nSPS) is 18.4. The molecule has 2 aromatic rings. The van der Waals surface area contributed by atoms with Crippen molar-refractivity contribution in [2.24, 2.45) is 5.92 Å². The van der Waals surface area contributed by atoms with Gasteiger partial charge in [0.25, 0.3) is 0 Å². The van der Waals surface area contributed by atoms with Crippen LogP contribution in [-0.4, -0.2) is 42.7 Å². The molecule has 0 aliphatic carbocycles. The monoisotopic (exact) mass is 415 g/mol. The third-order valence-corrected chi connectivity index (χ3v) is 5.47. The number of nitrogens with one attached hydrogen (secondary N) is 2. The van der Waals surface area contributed by atoms with Crippen LogP contribution in [0.3, 0.4) is 0 Å². The molecule has 29 heavy (non-hydrogen) atoms. The van der Waals surface area contributed by atoms with Crippen LogP contribution in [-0.2, 0) is 4.79 Å². The SMILES string of the molecule is CCCNC(=O)C1CN(C(=S)Nc2ccc(OC)cc2)CC1c1cccc(F)c1. The molecule has 0 saturated carbocycles. The van der Waals surface area contributed by atoms with Crippen LogP contribution in [0.4, 0.5) is 10.1 Å². The molecule has 0 radical (unpaired) electrons. The first-order chi connectivity index (χ1) is 14.0. The number of methoxy groups -OCH3 is 1. The fourth-order valence-corrected chi connectivity index (χ4v) is 3.83. The minimum Gasteiger partial charge on any atom is -0.497 e. The highest BCUT2D eigenvalue weighted by atomic mass is 32.1. The lowest BCUT2D eigenvalue weighted by atomic mass is 9.88. The molecule has 1 fully saturated rings. The van der Waals surface area contributed by atoms with Gasteiger partial charge in [0.15, 0.2) is 5.11 Å². The molecule has 1 aliphatic heterocycles. The van der Waals surface area contributed by atoms with E-state index in [4.69, 9.17) is 17.0 Å². The molecule has 5 nitrogen and oxygen atoms in total. The number of ether oxygens (including phenoxy) is 1. The lowest BCUT2D eigenvalue weighted by Gasteiger charge is -2.20. The Morgan fingerprint density at radius 3 is 2.66 bits per heavy atom. The summed E-state index contributed by atoms with van der Waals surface area (Å²) in [5, 5.41) is 6.73. The molecule has 2 N–H and O–H groups in total. The van der Waals surface area contributed by atoms with Crippen LogP contribution in [0.1, 0.15) is 24.8 Å². The average Bonchev–Trinajstić information content (AvgIpc) is 3.18. The van der Waals surface area contributed by atoms with Gasteiger partial charge in [0, 0.05) is 31.2 Å². The number of thiocarbonyl (C=S) groups is 1. The number of rotatable bonds is 6. The smallest absolute Gasteiger partial charge is 0.225 e. The summed E-state index contributed by atoms with van der Waals surface area (Å²) in [5.74, 6) is 0.0297. The Balaban J connectivity index is 1.75. The molecule has 154 valence electrons. The zero-order chi connectivity index (χ0) is 20.8. The predicted octanol–water partition coefficient (Wildman–Crippen LogP) is 3.77. The van der Waals surface area contributed by atoms with Crippen molar-refractivity contribution >= 4 is 28.9 Å². The summed E-state index contributed by atoms with van der Waals surface area (Å²) < 4.78 is 19.0. The van der Waals surface area contributed by atoms with Crippen molar-refractivity contribution in [2.45, 2.75) is 19.3 Å².